The van der Waals surface area contributed by atoms with Crippen molar-refractivity contribution in [3.05, 3.63) is 155 Å². The summed E-state index contributed by atoms with van der Waals surface area (Å²) in [6, 6.07) is 36.3. The fourth-order valence-corrected chi connectivity index (χ4v) is 7.95. The summed E-state index contributed by atoms with van der Waals surface area (Å²) in [5, 5.41) is 6.43. The molecule has 1 N–H and O–H groups in total. The molecule has 5 aliphatic rings. The molecule has 0 saturated heterocycles. The topological polar surface area (TPSA) is 12.0 Å². The van der Waals surface area contributed by atoms with Gasteiger partial charge in [-0.1, -0.05) is 133 Å². The second-order valence-corrected chi connectivity index (χ2v) is 14.4. The Hall–Kier alpha value is -4.62. The third-order valence-electron chi connectivity index (χ3n) is 10.8. The van der Waals surface area contributed by atoms with Crippen LogP contribution in [-0.2, 0) is 16.2 Å². The molecule has 10 rings (SSSR count). The standard InChI is InChI=1S/C43H39N/c1-41(2)33-14-10-15-35-39-34(41)16-11-17-36(39)43(5,6)38-25-32(24-37(42(35,3)4)40(38)44-26-33)31-21-20-29-22-28(18-19-30(29)23-31)27-12-8-7-9-13-27/h7-26,44H,1-6H3/b14-10-,33-26-,35-15+. The third-order valence-corrected chi connectivity index (χ3v) is 10.8. The van der Waals surface area contributed by atoms with Gasteiger partial charge in [-0.05, 0) is 96.3 Å². The van der Waals surface area contributed by atoms with E-state index in [1.165, 1.54) is 77.7 Å². The van der Waals surface area contributed by atoms with E-state index in [-0.39, 0.29) is 16.2 Å². The van der Waals surface area contributed by atoms with E-state index in [4.69, 9.17) is 0 Å². The van der Waals surface area contributed by atoms with Crippen LogP contribution in [0.2, 0.25) is 0 Å². The first kappa shape index (κ1) is 27.0. The second kappa shape index (κ2) is 9.19. The summed E-state index contributed by atoms with van der Waals surface area (Å²) in [4.78, 5) is 0. The zero-order chi connectivity index (χ0) is 30.4. The molecule has 0 spiro atoms. The average Bonchev–Trinajstić information content (AvgIpc) is 3.02. The number of allylic oxidation sites excluding steroid dienone is 5. The van der Waals surface area contributed by atoms with Gasteiger partial charge >= 0.3 is 0 Å². The highest BCUT2D eigenvalue weighted by Crippen LogP contribution is 2.56. The van der Waals surface area contributed by atoms with Crippen LogP contribution in [0.4, 0.5) is 5.69 Å². The molecule has 1 heteroatoms. The summed E-state index contributed by atoms with van der Waals surface area (Å²) >= 11 is 0. The van der Waals surface area contributed by atoms with Gasteiger partial charge in [0.05, 0.1) is 0 Å². The van der Waals surface area contributed by atoms with Crippen molar-refractivity contribution in [2.75, 3.05) is 5.32 Å². The summed E-state index contributed by atoms with van der Waals surface area (Å²) in [6.45, 7) is 14.4. The summed E-state index contributed by atoms with van der Waals surface area (Å²) in [7, 11) is 0. The summed E-state index contributed by atoms with van der Waals surface area (Å²) < 4.78 is 0. The van der Waals surface area contributed by atoms with Gasteiger partial charge < -0.3 is 5.32 Å². The van der Waals surface area contributed by atoms with E-state index in [2.05, 4.69) is 168 Å². The van der Waals surface area contributed by atoms with Crippen LogP contribution in [0, 0.1) is 0 Å². The fourth-order valence-electron chi connectivity index (χ4n) is 7.95. The Morgan fingerprint density at radius 3 is 1.80 bits per heavy atom. The molecule has 0 radical (unpaired) electrons. The average molecular weight is 570 g/mol. The number of nitrogens with one attached hydrogen (secondary N) is 1. The Bertz CT molecular complexity index is 2100. The van der Waals surface area contributed by atoms with Crippen LogP contribution in [0.3, 0.4) is 0 Å². The minimum atomic E-state index is -0.237. The van der Waals surface area contributed by atoms with E-state index in [0.29, 0.717) is 0 Å². The fraction of sp³-hybridized carbons (Fsp3) is 0.209. The van der Waals surface area contributed by atoms with E-state index in [0.717, 1.165) is 0 Å². The van der Waals surface area contributed by atoms with Crippen LogP contribution < -0.4 is 5.32 Å². The molecular weight excluding hydrogens is 530 g/mol. The number of rotatable bonds is 2. The molecule has 3 heterocycles. The maximum atomic E-state index is 3.90. The lowest BCUT2D eigenvalue weighted by molar-refractivity contribution is 0.590. The largest absolute Gasteiger partial charge is 0.361 e. The van der Waals surface area contributed by atoms with Gasteiger partial charge in [0.2, 0.25) is 0 Å². The van der Waals surface area contributed by atoms with Gasteiger partial charge in [-0.15, -0.1) is 0 Å². The predicted molar refractivity (Wildman–Crippen MR) is 188 cm³/mol. The van der Waals surface area contributed by atoms with Crippen LogP contribution in [0.25, 0.3) is 38.6 Å². The van der Waals surface area contributed by atoms with Crippen molar-refractivity contribution in [3.8, 4) is 22.3 Å². The summed E-state index contributed by atoms with van der Waals surface area (Å²) in [5.41, 5.74) is 15.2. The monoisotopic (exact) mass is 569 g/mol. The molecule has 0 fully saturated rings. The molecule has 1 nitrogen and oxygen atoms in total. The van der Waals surface area contributed by atoms with Crippen molar-refractivity contribution >= 4 is 22.0 Å². The number of anilines is 1. The minimum absolute atomic E-state index is 0.138. The molecule has 0 saturated carbocycles. The van der Waals surface area contributed by atoms with Gasteiger partial charge in [-0.3, -0.25) is 0 Å². The Morgan fingerprint density at radius 2 is 1.11 bits per heavy atom. The van der Waals surface area contributed by atoms with Crippen LogP contribution in [0.1, 0.15) is 69.4 Å². The number of hydrogen-bond acceptors (Lipinski definition) is 1. The van der Waals surface area contributed by atoms with Gasteiger partial charge in [0, 0.05) is 28.1 Å². The molecule has 5 aromatic carbocycles. The van der Waals surface area contributed by atoms with Crippen LogP contribution >= 0.6 is 0 Å². The molecule has 8 bridgehead atoms. The van der Waals surface area contributed by atoms with Crippen molar-refractivity contribution in [1.82, 2.24) is 0 Å². The highest BCUT2D eigenvalue weighted by atomic mass is 14.9. The molecule has 44 heavy (non-hydrogen) atoms. The van der Waals surface area contributed by atoms with Crippen LogP contribution in [-0.4, -0.2) is 0 Å². The molecular formula is C43H39N. The maximum Gasteiger partial charge on any atom is 0.0463 e. The van der Waals surface area contributed by atoms with Crippen molar-refractivity contribution < 1.29 is 0 Å². The minimum Gasteiger partial charge on any atom is -0.361 e. The van der Waals surface area contributed by atoms with Crippen molar-refractivity contribution in [1.29, 1.82) is 0 Å². The molecule has 0 unspecified atom stereocenters. The third kappa shape index (κ3) is 3.78. The zero-order valence-corrected chi connectivity index (χ0v) is 26.5. The van der Waals surface area contributed by atoms with Gasteiger partial charge in [-0.2, -0.15) is 0 Å². The Morgan fingerprint density at radius 1 is 0.500 bits per heavy atom. The van der Waals surface area contributed by atoms with Crippen LogP contribution in [0.15, 0.2) is 127 Å². The number of benzene rings is 5. The Kier molecular flexibility index (Phi) is 5.63. The predicted octanol–water partition coefficient (Wildman–Crippen LogP) is 11.3. The Labute approximate surface area is 261 Å². The van der Waals surface area contributed by atoms with Gasteiger partial charge in [0.1, 0.15) is 0 Å². The molecule has 216 valence electrons. The van der Waals surface area contributed by atoms with E-state index in [1.807, 2.05) is 0 Å². The molecule has 3 aliphatic heterocycles. The van der Waals surface area contributed by atoms with E-state index in [9.17, 15) is 0 Å². The van der Waals surface area contributed by atoms with E-state index < -0.39 is 0 Å². The summed E-state index contributed by atoms with van der Waals surface area (Å²) in [5.74, 6) is 0. The molecule has 0 atom stereocenters. The number of hydrogen-bond donors (Lipinski definition) is 1. The quantitative estimate of drug-likeness (QED) is 0.223. The number of fused-ring (bicyclic) bond motifs is 2. The molecule has 0 aromatic heterocycles. The summed E-state index contributed by atoms with van der Waals surface area (Å²) in [6.07, 6.45) is 9.21. The lowest BCUT2D eigenvalue weighted by Crippen LogP contribution is -2.35. The van der Waals surface area contributed by atoms with Crippen molar-refractivity contribution in [2.24, 2.45) is 0 Å². The van der Waals surface area contributed by atoms with Gasteiger partial charge in [0.25, 0.3) is 0 Å². The Balaban J connectivity index is 1.39. The first-order chi connectivity index (χ1) is 21.1. The van der Waals surface area contributed by atoms with Gasteiger partial charge in [0.15, 0.2) is 0 Å². The van der Waals surface area contributed by atoms with Crippen LogP contribution in [0.5, 0.6) is 0 Å². The maximum absolute atomic E-state index is 3.90. The first-order valence-corrected chi connectivity index (χ1v) is 15.9. The van der Waals surface area contributed by atoms with Crippen molar-refractivity contribution in [3.63, 3.8) is 0 Å². The normalized spacial score (nSPS) is 21.3. The highest BCUT2D eigenvalue weighted by Gasteiger charge is 2.44. The zero-order valence-electron chi connectivity index (χ0n) is 26.5. The smallest absolute Gasteiger partial charge is 0.0463 e. The highest BCUT2D eigenvalue weighted by molar-refractivity contribution is 5.93. The van der Waals surface area contributed by atoms with E-state index >= 15 is 0 Å². The van der Waals surface area contributed by atoms with Crippen molar-refractivity contribution in [2.45, 2.75) is 57.8 Å². The lowest BCUT2D eigenvalue weighted by Gasteiger charge is -2.45. The van der Waals surface area contributed by atoms with Gasteiger partial charge in [-0.25, -0.2) is 0 Å². The second-order valence-electron chi connectivity index (χ2n) is 14.4. The lowest BCUT2D eigenvalue weighted by atomic mass is 9.60. The molecule has 0 amide bonds. The molecule has 5 aromatic rings. The SMILES string of the molecule is CC1(C)/C2=C/C=C\C3=C\Nc4c1cc(-c1ccc5cc(-c6ccccc6)ccc5c1)cc4C(C)(C)c1cccc(c12)C3(C)C. The first-order valence-electron chi connectivity index (χ1n) is 15.9. The van der Waals surface area contributed by atoms with E-state index in [1.54, 1.807) is 0 Å². The molecule has 2 aliphatic carbocycles.